The van der Waals surface area contributed by atoms with Gasteiger partial charge in [-0.2, -0.15) is 0 Å². The minimum absolute atomic E-state index is 0.0303. The molecule has 2 atom stereocenters. The van der Waals surface area contributed by atoms with Crippen LogP contribution in [0.2, 0.25) is 0 Å². The lowest BCUT2D eigenvalue weighted by atomic mass is 9.79. The second kappa shape index (κ2) is 7.41. The summed E-state index contributed by atoms with van der Waals surface area (Å²) >= 11 is 0. The zero-order valence-corrected chi connectivity index (χ0v) is 13.3. The molecule has 0 saturated carbocycles. The van der Waals surface area contributed by atoms with E-state index in [0.29, 0.717) is 0 Å². The molecule has 1 aromatic carbocycles. The molecule has 3 nitrogen and oxygen atoms in total. The smallest absolute Gasteiger partial charge is 0.330 e. The Morgan fingerprint density at radius 1 is 1.41 bits per heavy atom. The fourth-order valence-corrected chi connectivity index (χ4v) is 2.64. The number of hydrogen-bond donors (Lipinski definition) is 1. The Kier molecular flexibility index (Phi) is 5.56. The summed E-state index contributed by atoms with van der Waals surface area (Å²) in [6, 6.07) is 9.57. The number of allylic oxidation sites excluding steroid dienone is 2. The lowest BCUT2D eigenvalue weighted by Gasteiger charge is -2.34. The average Bonchev–Trinajstić information content (AvgIpc) is 2.52. The third-order valence-electron chi connectivity index (χ3n) is 4.24. The molecule has 1 N–H and O–H groups in total. The van der Waals surface area contributed by atoms with Gasteiger partial charge in [0.1, 0.15) is 6.61 Å². The molecule has 0 aliphatic heterocycles. The number of rotatable bonds is 5. The summed E-state index contributed by atoms with van der Waals surface area (Å²) < 4.78 is 5.21. The van der Waals surface area contributed by atoms with Crippen molar-refractivity contribution >= 4 is 12.0 Å². The summed E-state index contributed by atoms with van der Waals surface area (Å²) in [5, 5.41) is 10.5. The van der Waals surface area contributed by atoms with Crippen LogP contribution in [-0.4, -0.2) is 23.3 Å². The van der Waals surface area contributed by atoms with Crippen LogP contribution in [0.25, 0.3) is 6.08 Å². The molecular formula is C19H24O3. The van der Waals surface area contributed by atoms with Crippen LogP contribution in [0.15, 0.2) is 48.1 Å². The fraction of sp³-hybridized carbons (Fsp3) is 0.421. The van der Waals surface area contributed by atoms with Crippen LogP contribution in [0.4, 0.5) is 0 Å². The van der Waals surface area contributed by atoms with E-state index < -0.39 is 11.6 Å². The van der Waals surface area contributed by atoms with Crippen LogP contribution >= 0.6 is 0 Å². The monoisotopic (exact) mass is 300 g/mol. The van der Waals surface area contributed by atoms with Crippen LogP contribution in [-0.2, 0) is 9.53 Å². The van der Waals surface area contributed by atoms with Crippen molar-refractivity contribution < 1.29 is 14.6 Å². The van der Waals surface area contributed by atoms with Crippen LogP contribution in [0.3, 0.4) is 0 Å². The van der Waals surface area contributed by atoms with Crippen molar-refractivity contribution in [3.05, 3.63) is 53.6 Å². The van der Waals surface area contributed by atoms with E-state index in [1.54, 1.807) is 13.0 Å². The van der Waals surface area contributed by atoms with Crippen molar-refractivity contribution in [1.82, 2.24) is 0 Å². The largest absolute Gasteiger partial charge is 0.459 e. The summed E-state index contributed by atoms with van der Waals surface area (Å²) in [5.74, 6) is -0.284. The minimum atomic E-state index is -0.979. The maximum atomic E-state index is 11.8. The Hall–Kier alpha value is -1.87. The molecule has 1 aliphatic carbocycles. The van der Waals surface area contributed by atoms with Gasteiger partial charge in [-0.25, -0.2) is 4.79 Å². The van der Waals surface area contributed by atoms with Gasteiger partial charge in [-0.1, -0.05) is 42.0 Å². The van der Waals surface area contributed by atoms with Gasteiger partial charge in [0.05, 0.1) is 5.60 Å². The van der Waals surface area contributed by atoms with Crippen molar-refractivity contribution in [2.24, 2.45) is 5.92 Å². The van der Waals surface area contributed by atoms with E-state index in [4.69, 9.17) is 4.74 Å². The Balaban J connectivity index is 1.83. The topological polar surface area (TPSA) is 46.5 Å². The van der Waals surface area contributed by atoms with E-state index in [0.717, 1.165) is 24.8 Å². The Labute approximate surface area is 132 Å². The highest BCUT2D eigenvalue weighted by Gasteiger charge is 2.33. The molecule has 0 saturated heterocycles. The van der Waals surface area contributed by atoms with Gasteiger partial charge in [-0.15, -0.1) is 0 Å². The zero-order valence-electron chi connectivity index (χ0n) is 13.3. The molecule has 0 amide bonds. The molecule has 0 aromatic heterocycles. The molecule has 0 radical (unpaired) electrons. The highest BCUT2D eigenvalue weighted by Crippen LogP contribution is 2.32. The number of hydrogen-bond acceptors (Lipinski definition) is 3. The number of benzene rings is 1. The Morgan fingerprint density at radius 2 is 2.14 bits per heavy atom. The maximum absolute atomic E-state index is 11.8. The Bertz CT molecular complexity index is 555. The van der Waals surface area contributed by atoms with Crippen molar-refractivity contribution in [1.29, 1.82) is 0 Å². The van der Waals surface area contributed by atoms with Crippen molar-refractivity contribution in [2.75, 3.05) is 6.61 Å². The lowest BCUT2D eigenvalue weighted by molar-refractivity contribution is -0.148. The first-order valence-corrected chi connectivity index (χ1v) is 7.75. The SMILES string of the molecule is CC1=CC[C@H]([C@](C)(O)COC(=O)C=Cc2ccccc2)CC1. The number of carbonyl (C=O) groups is 1. The Morgan fingerprint density at radius 3 is 2.77 bits per heavy atom. The highest BCUT2D eigenvalue weighted by molar-refractivity contribution is 5.87. The average molecular weight is 300 g/mol. The maximum Gasteiger partial charge on any atom is 0.330 e. The molecule has 0 fully saturated rings. The minimum Gasteiger partial charge on any atom is -0.459 e. The van der Waals surface area contributed by atoms with Crippen molar-refractivity contribution in [3.8, 4) is 0 Å². The molecular weight excluding hydrogens is 276 g/mol. The van der Waals surface area contributed by atoms with Gasteiger partial charge in [-0.05, 0) is 50.7 Å². The van der Waals surface area contributed by atoms with Gasteiger partial charge >= 0.3 is 5.97 Å². The van der Waals surface area contributed by atoms with Crippen LogP contribution < -0.4 is 0 Å². The van der Waals surface area contributed by atoms with Crippen molar-refractivity contribution in [2.45, 2.75) is 38.7 Å². The van der Waals surface area contributed by atoms with Gasteiger partial charge in [0.25, 0.3) is 0 Å². The molecule has 0 unspecified atom stereocenters. The fourth-order valence-electron chi connectivity index (χ4n) is 2.64. The van der Waals surface area contributed by atoms with E-state index in [9.17, 15) is 9.90 Å². The third kappa shape index (κ3) is 4.85. The van der Waals surface area contributed by atoms with Gasteiger partial charge in [-0.3, -0.25) is 0 Å². The molecule has 0 heterocycles. The molecule has 2 rings (SSSR count). The van der Waals surface area contributed by atoms with E-state index in [1.165, 1.54) is 11.6 Å². The van der Waals surface area contributed by atoms with Gasteiger partial charge in [0, 0.05) is 6.08 Å². The molecule has 1 aliphatic rings. The molecule has 22 heavy (non-hydrogen) atoms. The second-order valence-corrected chi connectivity index (χ2v) is 6.23. The summed E-state index contributed by atoms with van der Waals surface area (Å²) in [6.45, 7) is 3.89. The quantitative estimate of drug-likeness (QED) is 0.512. The van der Waals surface area contributed by atoms with E-state index >= 15 is 0 Å². The summed E-state index contributed by atoms with van der Waals surface area (Å²) in [5.41, 5.74) is 1.34. The summed E-state index contributed by atoms with van der Waals surface area (Å²) in [7, 11) is 0. The standard InChI is InChI=1S/C19H24O3/c1-15-8-11-17(12-9-15)19(2,21)14-22-18(20)13-10-16-6-4-3-5-7-16/h3-8,10,13,17,21H,9,11-12,14H2,1-2H3/t17-,19+/m0/s1. The van der Waals surface area contributed by atoms with Crippen LogP contribution in [0.5, 0.6) is 0 Å². The highest BCUT2D eigenvalue weighted by atomic mass is 16.5. The van der Waals surface area contributed by atoms with E-state index in [2.05, 4.69) is 13.0 Å². The van der Waals surface area contributed by atoms with Gasteiger partial charge in [0.2, 0.25) is 0 Å². The molecule has 118 valence electrons. The third-order valence-corrected chi connectivity index (χ3v) is 4.24. The first-order chi connectivity index (χ1) is 10.5. The molecule has 1 aromatic rings. The lowest BCUT2D eigenvalue weighted by Crippen LogP contribution is -2.40. The van der Waals surface area contributed by atoms with E-state index in [1.807, 2.05) is 30.3 Å². The first kappa shape index (κ1) is 16.5. The van der Waals surface area contributed by atoms with Crippen LogP contribution in [0, 0.1) is 5.92 Å². The summed E-state index contributed by atoms with van der Waals surface area (Å²) in [6.07, 6.45) is 8.06. The predicted octanol–water partition coefficient (Wildman–Crippen LogP) is 3.74. The van der Waals surface area contributed by atoms with Crippen molar-refractivity contribution in [3.63, 3.8) is 0 Å². The van der Waals surface area contributed by atoms with Crippen LogP contribution in [0.1, 0.15) is 38.7 Å². The molecule has 0 spiro atoms. The first-order valence-electron chi connectivity index (χ1n) is 7.75. The zero-order chi connectivity index (χ0) is 16.0. The molecule has 3 heteroatoms. The number of aliphatic hydroxyl groups is 1. The second-order valence-electron chi connectivity index (χ2n) is 6.23. The predicted molar refractivity (Wildman–Crippen MR) is 88.2 cm³/mol. The summed E-state index contributed by atoms with van der Waals surface area (Å²) in [4.78, 5) is 11.8. The molecule has 0 bridgehead atoms. The number of carbonyl (C=O) groups excluding carboxylic acids is 1. The van der Waals surface area contributed by atoms with Gasteiger partial charge < -0.3 is 9.84 Å². The normalized spacial score (nSPS) is 21.2. The van der Waals surface area contributed by atoms with Gasteiger partial charge in [0.15, 0.2) is 0 Å². The number of ether oxygens (including phenoxy) is 1. The number of esters is 1. The van der Waals surface area contributed by atoms with E-state index in [-0.39, 0.29) is 12.5 Å².